The van der Waals surface area contributed by atoms with Crippen molar-refractivity contribution in [3.8, 4) is 10.6 Å². The van der Waals surface area contributed by atoms with Gasteiger partial charge in [-0.1, -0.05) is 23.7 Å². The molecule has 1 N–H and O–H groups in total. The van der Waals surface area contributed by atoms with Gasteiger partial charge in [0.1, 0.15) is 9.88 Å². The van der Waals surface area contributed by atoms with Crippen LogP contribution in [0.25, 0.3) is 10.6 Å². The predicted octanol–water partition coefficient (Wildman–Crippen LogP) is 3.45. The molecule has 5 nitrogen and oxygen atoms in total. The van der Waals surface area contributed by atoms with E-state index in [1.165, 1.54) is 18.4 Å². The SMILES string of the molecule is COC(=O)CCCNC(=O)c1sc(-c2cccc(Cl)c2)nc1C. The molecule has 0 aliphatic carbocycles. The number of nitrogens with zero attached hydrogens (tertiary/aromatic N) is 1. The van der Waals surface area contributed by atoms with E-state index in [4.69, 9.17) is 11.6 Å². The fourth-order valence-electron chi connectivity index (χ4n) is 1.97. The summed E-state index contributed by atoms with van der Waals surface area (Å²) in [6.45, 7) is 2.21. The number of thiazole rings is 1. The zero-order valence-electron chi connectivity index (χ0n) is 12.9. The van der Waals surface area contributed by atoms with Crippen LogP contribution in [0, 0.1) is 6.92 Å². The van der Waals surface area contributed by atoms with Crippen molar-refractivity contribution in [2.75, 3.05) is 13.7 Å². The van der Waals surface area contributed by atoms with Crippen molar-refractivity contribution in [3.05, 3.63) is 39.9 Å². The number of amides is 1. The fraction of sp³-hybridized carbons (Fsp3) is 0.312. The minimum Gasteiger partial charge on any atom is -0.469 e. The van der Waals surface area contributed by atoms with Crippen LogP contribution in [0.15, 0.2) is 24.3 Å². The third-order valence-corrected chi connectivity index (χ3v) is 4.59. The molecule has 0 bridgehead atoms. The molecule has 1 heterocycles. The molecule has 2 rings (SSSR count). The lowest BCUT2D eigenvalue weighted by Crippen LogP contribution is -2.24. The molecule has 23 heavy (non-hydrogen) atoms. The number of benzene rings is 1. The molecule has 7 heteroatoms. The summed E-state index contributed by atoms with van der Waals surface area (Å²) in [5.41, 5.74) is 1.56. The number of esters is 1. The molecule has 0 spiro atoms. The first-order valence-electron chi connectivity index (χ1n) is 7.09. The van der Waals surface area contributed by atoms with Crippen molar-refractivity contribution in [2.45, 2.75) is 19.8 Å². The Bertz CT molecular complexity index is 715. The van der Waals surface area contributed by atoms with E-state index in [0.29, 0.717) is 28.6 Å². The molecule has 0 aliphatic rings. The highest BCUT2D eigenvalue weighted by Crippen LogP contribution is 2.29. The van der Waals surface area contributed by atoms with Crippen molar-refractivity contribution in [2.24, 2.45) is 0 Å². The molecule has 1 amide bonds. The van der Waals surface area contributed by atoms with E-state index in [-0.39, 0.29) is 18.3 Å². The number of hydrogen-bond acceptors (Lipinski definition) is 5. The minimum absolute atomic E-state index is 0.182. The van der Waals surface area contributed by atoms with Crippen molar-refractivity contribution >= 4 is 34.8 Å². The largest absolute Gasteiger partial charge is 0.469 e. The number of methoxy groups -OCH3 is 1. The van der Waals surface area contributed by atoms with E-state index in [2.05, 4.69) is 15.0 Å². The third kappa shape index (κ3) is 4.77. The highest BCUT2D eigenvalue weighted by Gasteiger charge is 2.16. The van der Waals surface area contributed by atoms with Gasteiger partial charge < -0.3 is 10.1 Å². The van der Waals surface area contributed by atoms with Gasteiger partial charge in [0.2, 0.25) is 0 Å². The first kappa shape index (κ1) is 17.4. The van der Waals surface area contributed by atoms with E-state index in [9.17, 15) is 9.59 Å². The molecule has 1 aromatic carbocycles. The van der Waals surface area contributed by atoms with Gasteiger partial charge >= 0.3 is 5.97 Å². The van der Waals surface area contributed by atoms with Gasteiger partial charge in [0.05, 0.1) is 12.8 Å². The standard InChI is InChI=1S/C16H17ClN2O3S/c1-10-14(15(21)18-8-4-7-13(20)22-2)23-16(19-10)11-5-3-6-12(17)9-11/h3,5-6,9H,4,7-8H2,1-2H3,(H,18,21). The molecular formula is C16H17ClN2O3S. The second kappa shape index (κ2) is 8.08. The second-order valence-corrected chi connectivity index (χ2v) is 6.31. The quantitative estimate of drug-likeness (QED) is 0.638. The van der Waals surface area contributed by atoms with Crippen LogP contribution in [-0.2, 0) is 9.53 Å². The summed E-state index contributed by atoms with van der Waals surface area (Å²) in [4.78, 5) is 28.2. The summed E-state index contributed by atoms with van der Waals surface area (Å²) in [5, 5.41) is 4.18. The molecule has 0 unspecified atom stereocenters. The predicted molar refractivity (Wildman–Crippen MR) is 90.9 cm³/mol. The van der Waals surface area contributed by atoms with Gasteiger partial charge in [-0.3, -0.25) is 9.59 Å². The maximum Gasteiger partial charge on any atom is 0.305 e. The van der Waals surface area contributed by atoms with E-state index in [0.717, 1.165) is 10.6 Å². The molecule has 0 aliphatic heterocycles. The number of rotatable bonds is 6. The Morgan fingerprint density at radius 3 is 2.87 bits per heavy atom. The molecule has 0 saturated carbocycles. The van der Waals surface area contributed by atoms with E-state index >= 15 is 0 Å². The van der Waals surface area contributed by atoms with Gasteiger partial charge in [-0.05, 0) is 25.5 Å². The van der Waals surface area contributed by atoms with Crippen LogP contribution in [-0.4, -0.2) is 30.5 Å². The highest BCUT2D eigenvalue weighted by atomic mass is 35.5. The number of nitrogens with one attached hydrogen (secondary N) is 1. The molecule has 1 aromatic heterocycles. The monoisotopic (exact) mass is 352 g/mol. The Hall–Kier alpha value is -1.92. The molecule has 0 fully saturated rings. The van der Waals surface area contributed by atoms with Crippen molar-refractivity contribution < 1.29 is 14.3 Å². The van der Waals surface area contributed by atoms with E-state index < -0.39 is 0 Å². The van der Waals surface area contributed by atoms with Crippen LogP contribution < -0.4 is 5.32 Å². The minimum atomic E-state index is -0.281. The lowest BCUT2D eigenvalue weighted by molar-refractivity contribution is -0.140. The molecular weight excluding hydrogens is 336 g/mol. The van der Waals surface area contributed by atoms with Gasteiger partial charge in [-0.15, -0.1) is 11.3 Å². The Balaban J connectivity index is 2.00. The van der Waals surface area contributed by atoms with Crippen LogP contribution in [0.5, 0.6) is 0 Å². The van der Waals surface area contributed by atoms with Crippen molar-refractivity contribution in [3.63, 3.8) is 0 Å². The van der Waals surface area contributed by atoms with Crippen molar-refractivity contribution in [1.82, 2.24) is 10.3 Å². The van der Waals surface area contributed by atoms with Crippen LogP contribution >= 0.6 is 22.9 Å². The smallest absolute Gasteiger partial charge is 0.305 e. The summed E-state index contributed by atoms with van der Waals surface area (Å²) in [7, 11) is 1.35. The number of aryl methyl sites for hydroxylation is 1. The number of halogens is 1. The number of hydrogen-bond donors (Lipinski definition) is 1. The van der Waals surface area contributed by atoms with Gasteiger partial charge in [-0.25, -0.2) is 4.98 Å². The normalized spacial score (nSPS) is 10.4. The third-order valence-electron chi connectivity index (χ3n) is 3.15. The molecule has 2 aromatic rings. The van der Waals surface area contributed by atoms with Crippen molar-refractivity contribution in [1.29, 1.82) is 0 Å². The zero-order valence-corrected chi connectivity index (χ0v) is 14.5. The van der Waals surface area contributed by atoms with Crippen LogP contribution in [0.4, 0.5) is 0 Å². The Kier molecular flexibility index (Phi) is 6.12. The highest BCUT2D eigenvalue weighted by molar-refractivity contribution is 7.17. The number of ether oxygens (including phenoxy) is 1. The Morgan fingerprint density at radius 1 is 1.39 bits per heavy atom. The van der Waals surface area contributed by atoms with E-state index in [1.54, 1.807) is 13.0 Å². The van der Waals surface area contributed by atoms with Gasteiger partial charge in [0, 0.05) is 23.6 Å². The molecule has 122 valence electrons. The van der Waals surface area contributed by atoms with E-state index in [1.807, 2.05) is 18.2 Å². The Labute approximate surface area is 143 Å². The van der Waals surface area contributed by atoms with Crippen LogP contribution in [0.1, 0.15) is 28.2 Å². The Morgan fingerprint density at radius 2 is 2.17 bits per heavy atom. The summed E-state index contributed by atoms with van der Waals surface area (Å²) < 4.78 is 4.55. The van der Waals surface area contributed by atoms with Gasteiger partial charge in [0.25, 0.3) is 5.91 Å². The summed E-state index contributed by atoms with van der Waals surface area (Å²) >= 11 is 7.31. The lowest BCUT2D eigenvalue weighted by Gasteiger charge is -2.03. The maximum absolute atomic E-state index is 12.2. The maximum atomic E-state index is 12.2. The topological polar surface area (TPSA) is 68.3 Å². The first-order valence-corrected chi connectivity index (χ1v) is 8.29. The molecule has 0 saturated heterocycles. The molecule has 0 atom stereocenters. The lowest BCUT2D eigenvalue weighted by atomic mass is 10.2. The average molecular weight is 353 g/mol. The summed E-state index contributed by atoms with van der Waals surface area (Å²) in [6, 6.07) is 7.36. The first-order chi connectivity index (χ1) is 11.0. The second-order valence-electron chi connectivity index (χ2n) is 4.88. The zero-order chi connectivity index (χ0) is 16.8. The van der Waals surface area contributed by atoms with Gasteiger partial charge in [0.15, 0.2) is 0 Å². The molecule has 0 radical (unpaired) electrons. The fourth-order valence-corrected chi connectivity index (χ4v) is 3.14. The summed E-state index contributed by atoms with van der Waals surface area (Å²) in [6.07, 6.45) is 0.823. The van der Waals surface area contributed by atoms with Gasteiger partial charge in [-0.2, -0.15) is 0 Å². The average Bonchev–Trinajstić information content (AvgIpc) is 2.93. The van der Waals surface area contributed by atoms with Crippen LogP contribution in [0.3, 0.4) is 0 Å². The number of aromatic nitrogens is 1. The van der Waals surface area contributed by atoms with Crippen LogP contribution in [0.2, 0.25) is 5.02 Å². The number of carbonyl (C=O) groups is 2. The number of carbonyl (C=O) groups excluding carboxylic acids is 2. The summed E-state index contributed by atoms with van der Waals surface area (Å²) in [5.74, 6) is -0.463.